The number of anilines is 1. The number of amides is 2. The normalized spacial score (nSPS) is 16.1. The number of aromatic nitrogens is 3. The van der Waals surface area contributed by atoms with E-state index >= 15 is 0 Å². The number of carboxylic acid groups (broad SMARTS) is 1. The van der Waals surface area contributed by atoms with Gasteiger partial charge in [-0.1, -0.05) is 18.2 Å². The second kappa shape index (κ2) is 9.96. The Labute approximate surface area is 209 Å². The van der Waals surface area contributed by atoms with Gasteiger partial charge in [0.1, 0.15) is 11.1 Å². The summed E-state index contributed by atoms with van der Waals surface area (Å²) in [6.45, 7) is 7.46. The highest BCUT2D eigenvalue weighted by atomic mass is 16.6. The summed E-state index contributed by atoms with van der Waals surface area (Å²) in [5.74, 6) is -0.552. The Morgan fingerprint density at radius 2 is 1.94 bits per heavy atom. The predicted molar refractivity (Wildman–Crippen MR) is 135 cm³/mol. The second-order valence-electron chi connectivity index (χ2n) is 10.0. The molecule has 2 aromatic heterocycles. The van der Waals surface area contributed by atoms with Crippen molar-refractivity contribution in [2.75, 3.05) is 24.5 Å². The molecule has 1 aliphatic heterocycles. The number of nitrogens with zero attached hydrogens (tertiary/aromatic N) is 5. The minimum absolute atomic E-state index is 0.111. The molecule has 0 bridgehead atoms. The number of ketones is 1. The van der Waals surface area contributed by atoms with Gasteiger partial charge in [0.15, 0.2) is 17.2 Å². The molecule has 1 N–H and O–H groups in total. The number of hydrogen-bond donors (Lipinski definition) is 1. The molecule has 1 atom stereocenters. The summed E-state index contributed by atoms with van der Waals surface area (Å²) < 4.78 is 7.48. The molecule has 1 fully saturated rings. The average molecular weight is 494 g/mol. The maximum atomic E-state index is 13.2. The molecule has 2 amide bonds. The first-order chi connectivity index (χ1) is 17.0. The molecule has 10 nitrogen and oxygen atoms in total. The predicted octanol–water partition coefficient (Wildman–Crippen LogP) is 4.43. The van der Waals surface area contributed by atoms with E-state index in [1.165, 1.54) is 16.0 Å². The third-order valence-corrected chi connectivity index (χ3v) is 6.10. The zero-order valence-corrected chi connectivity index (χ0v) is 21.0. The SMILES string of the molecule is Cc1ccccc1-n1ccc2nc(N(CC(=O)[C@@H]3CCCN(C(=O)O)C3)C(=O)OC(C)(C)C)cnc21. The molecule has 1 saturated heterocycles. The first-order valence-corrected chi connectivity index (χ1v) is 11.9. The van der Waals surface area contributed by atoms with Gasteiger partial charge in [0.2, 0.25) is 0 Å². The number of aryl methyl sites for hydroxylation is 1. The minimum Gasteiger partial charge on any atom is -0.465 e. The van der Waals surface area contributed by atoms with Gasteiger partial charge < -0.3 is 14.7 Å². The molecule has 0 unspecified atom stereocenters. The van der Waals surface area contributed by atoms with E-state index in [0.717, 1.165) is 11.3 Å². The van der Waals surface area contributed by atoms with E-state index in [2.05, 4.69) is 9.97 Å². The Morgan fingerprint density at radius 3 is 2.64 bits per heavy atom. The Bertz CT molecular complexity index is 1300. The Morgan fingerprint density at radius 1 is 1.19 bits per heavy atom. The van der Waals surface area contributed by atoms with Crippen molar-refractivity contribution in [3.8, 4) is 5.69 Å². The van der Waals surface area contributed by atoms with Crippen molar-refractivity contribution in [2.24, 2.45) is 5.92 Å². The molecule has 1 aromatic carbocycles. The van der Waals surface area contributed by atoms with Crippen LogP contribution in [-0.2, 0) is 9.53 Å². The summed E-state index contributed by atoms with van der Waals surface area (Å²) in [6, 6.07) is 9.71. The third kappa shape index (κ3) is 5.48. The number of fused-ring (bicyclic) bond motifs is 1. The highest BCUT2D eigenvalue weighted by Gasteiger charge is 2.33. The summed E-state index contributed by atoms with van der Waals surface area (Å²) in [6.07, 6.45) is 2.71. The van der Waals surface area contributed by atoms with E-state index in [-0.39, 0.29) is 24.7 Å². The Kier molecular flexibility index (Phi) is 6.96. The van der Waals surface area contributed by atoms with Crippen molar-refractivity contribution in [1.82, 2.24) is 19.4 Å². The molecule has 0 spiro atoms. The largest absolute Gasteiger partial charge is 0.465 e. The molecule has 0 radical (unpaired) electrons. The number of likely N-dealkylation sites (tertiary alicyclic amines) is 1. The van der Waals surface area contributed by atoms with Crippen LogP contribution >= 0.6 is 0 Å². The molecule has 3 aromatic rings. The summed E-state index contributed by atoms with van der Waals surface area (Å²) in [4.78, 5) is 49.3. The summed E-state index contributed by atoms with van der Waals surface area (Å²) in [5.41, 5.74) is 2.44. The number of piperidine rings is 1. The zero-order valence-electron chi connectivity index (χ0n) is 21.0. The lowest BCUT2D eigenvalue weighted by Crippen LogP contribution is -2.46. The summed E-state index contributed by atoms with van der Waals surface area (Å²) in [7, 11) is 0. The molecule has 3 heterocycles. The van der Waals surface area contributed by atoms with Crippen molar-refractivity contribution >= 4 is 35.0 Å². The lowest BCUT2D eigenvalue weighted by atomic mass is 9.93. The number of benzene rings is 1. The van der Waals surface area contributed by atoms with E-state index in [9.17, 15) is 19.5 Å². The van der Waals surface area contributed by atoms with Crippen molar-refractivity contribution < 1.29 is 24.2 Å². The van der Waals surface area contributed by atoms with E-state index in [0.29, 0.717) is 30.6 Å². The van der Waals surface area contributed by atoms with Crippen LogP contribution in [0.3, 0.4) is 0 Å². The number of carbonyl (C=O) groups excluding carboxylic acids is 2. The van der Waals surface area contributed by atoms with Gasteiger partial charge in [0, 0.05) is 30.9 Å². The van der Waals surface area contributed by atoms with Crippen LogP contribution in [0.4, 0.5) is 15.4 Å². The Balaban J connectivity index is 1.64. The molecule has 190 valence electrons. The van der Waals surface area contributed by atoms with Crippen molar-refractivity contribution in [3.05, 3.63) is 48.3 Å². The van der Waals surface area contributed by atoms with Crippen LogP contribution in [0.5, 0.6) is 0 Å². The first kappa shape index (κ1) is 25.2. The Hall–Kier alpha value is -3.95. The van der Waals surface area contributed by atoms with Crippen molar-refractivity contribution in [2.45, 2.75) is 46.1 Å². The smallest absolute Gasteiger partial charge is 0.416 e. The standard InChI is InChI=1S/C26H31N5O5/c1-17-8-5-6-10-20(17)30-13-11-19-23(30)27-14-22(28-19)31(25(35)36-26(2,3)4)16-21(32)18-9-7-12-29(15-18)24(33)34/h5-6,8,10-11,13-14,18H,7,9,12,15-16H2,1-4H3,(H,33,34)/t18-/m1/s1. The fraction of sp³-hybridized carbons (Fsp3) is 0.423. The summed E-state index contributed by atoms with van der Waals surface area (Å²) >= 11 is 0. The highest BCUT2D eigenvalue weighted by Crippen LogP contribution is 2.25. The van der Waals surface area contributed by atoms with Crippen LogP contribution in [0, 0.1) is 12.8 Å². The number of para-hydroxylation sites is 1. The number of hydrogen-bond acceptors (Lipinski definition) is 6. The van der Waals surface area contributed by atoms with Crippen LogP contribution in [-0.4, -0.2) is 67.7 Å². The quantitative estimate of drug-likeness (QED) is 0.559. The van der Waals surface area contributed by atoms with Gasteiger partial charge in [-0.3, -0.25) is 14.3 Å². The van der Waals surface area contributed by atoms with Crippen LogP contribution in [0.25, 0.3) is 16.9 Å². The number of rotatable bonds is 5. The van der Waals surface area contributed by atoms with E-state index in [1.54, 1.807) is 26.8 Å². The molecular formula is C26H31N5O5. The lowest BCUT2D eigenvalue weighted by molar-refractivity contribution is -0.122. The molecule has 0 aliphatic carbocycles. The molecule has 1 aliphatic rings. The summed E-state index contributed by atoms with van der Waals surface area (Å²) in [5, 5.41) is 9.33. The van der Waals surface area contributed by atoms with Crippen LogP contribution in [0.1, 0.15) is 39.2 Å². The van der Waals surface area contributed by atoms with Crippen LogP contribution in [0.2, 0.25) is 0 Å². The topological polar surface area (TPSA) is 118 Å². The lowest BCUT2D eigenvalue weighted by Gasteiger charge is -2.31. The van der Waals surface area contributed by atoms with Gasteiger partial charge >= 0.3 is 12.2 Å². The van der Waals surface area contributed by atoms with Gasteiger partial charge in [-0.05, 0) is 58.2 Å². The third-order valence-electron chi connectivity index (χ3n) is 6.10. The number of ether oxygens (including phenoxy) is 1. The first-order valence-electron chi connectivity index (χ1n) is 11.9. The molecular weight excluding hydrogens is 462 g/mol. The molecule has 10 heteroatoms. The van der Waals surface area contributed by atoms with Crippen LogP contribution in [0.15, 0.2) is 42.7 Å². The van der Waals surface area contributed by atoms with Crippen molar-refractivity contribution in [1.29, 1.82) is 0 Å². The van der Waals surface area contributed by atoms with E-state index in [4.69, 9.17) is 4.74 Å². The maximum Gasteiger partial charge on any atom is 0.416 e. The van der Waals surface area contributed by atoms with E-state index < -0.39 is 23.7 Å². The maximum absolute atomic E-state index is 13.2. The average Bonchev–Trinajstić information content (AvgIpc) is 3.24. The van der Waals surface area contributed by atoms with Gasteiger partial charge in [-0.2, -0.15) is 0 Å². The van der Waals surface area contributed by atoms with Crippen molar-refractivity contribution in [3.63, 3.8) is 0 Å². The highest BCUT2D eigenvalue weighted by molar-refractivity contribution is 5.96. The van der Waals surface area contributed by atoms with E-state index in [1.807, 2.05) is 42.0 Å². The minimum atomic E-state index is -1.05. The van der Waals surface area contributed by atoms with Gasteiger partial charge in [-0.25, -0.2) is 19.6 Å². The number of Topliss-reactive ketones (excluding diaryl/α,β-unsaturated/α-hetero) is 1. The zero-order chi connectivity index (χ0) is 26.0. The fourth-order valence-electron chi connectivity index (χ4n) is 4.31. The van der Waals surface area contributed by atoms with Gasteiger partial charge in [0.05, 0.1) is 12.7 Å². The molecule has 4 rings (SSSR count). The number of carbonyl (C=O) groups is 3. The fourth-order valence-corrected chi connectivity index (χ4v) is 4.31. The molecule has 36 heavy (non-hydrogen) atoms. The van der Waals surface area contributed by atoms with Gasteiger partial charge in [-0.15, -0.1) is 0 Å². The van der Waals surface area contributed by atoms with Gasteiger partial charge in [0.25, 0.3) is 0 Å². The second-order valence-corrected chi connectivity index (χ2v) is 10.0. The monoisotopic (exact) mass is 493 g/mol. The van der Waals surface area contributed by atoms with Crippen LogP contribution < -0.4 is 4.90 Å². The molecule has 0 saturated carbocycles.